The zero-order valence-electron chi connectivity index (χ0n) is 7.04. The lowest BCUT2D eigenvalue weighted by atomic mass is 10.3. The molecule has 4 nitrogen and oxygen atoms in total. The van der Waals surface area contributed by atoms with E-state index in [1.165, 1.54) is 6.20 Å². The molecule has 1 amide bonds. The monoisotopic (exact) mass is 241 g/mol. The fourth-order valence-corrected chi connectivity index (χ4v) is 1.18. The van der Waals surface area contributed by atoms with E-state index in [0.29, 0.717) is 10.2 Å². The third kappa shape index (κ3) is 2.10. The molecular formula is C8H8BrN3O. The summed E-state index contributed by atoms with van der Waals surface area (Å²) in [6, 6.07) is 0. The second-order valence-electron chi connectivity index (χ2n) is 2.36. The Balaban J connectivity index is 2.78. The van der Waals surface area contributed by atoms with Crippen molar-refractivity contribution in [3.8, 4) is 12.3 Å². The molecule has 5 heteroatoms. The van der Waals surface area contributed by atoms with E-state index in [0.717, 1.165) is 0 Å². The first-order valence-corrected chi connectivity index (χ1v) is 4.35. The number of terminal acetylenes is 1. The number of hydrogen-bond acceptors (Lipinski definition) is 2. The second-order valence-corrected chi connectivity index (χ2v) is 3.11. The Kier molecular flexibility index (Phi) is 3.09. The van der Waals surface area contributed by atoms with Crippen LogP contribution in [0.3, 0.4) is 0 Å². The van der Waals surface area contributed by atoms with Crippen molar-refractivity contribution < 1.29 is 4.79 Å². The number of nitrogens with one attached hydrogen (secondary N) is 1. The zero-order chi connectivity index (χ0) is 9.84. The van der Waals surface area contributed by atoms with Gasteiger partial charge in [0.1, 0.15) is 4.60 Å². The van der Waals surface area contributed by atoms with E-state index in [2.05, 4.69) is 32.3 Å². The third-order valence-electron chi connectivity index (χ3n) is 1.46. The Morgan fingerprint density at radius 1 is 1.92 bits per heavy atom. The molecule has 0 spiro atoms. The lowest BCUT2D eigenvalue weighted by Gasteiger charge is -1.98. The molecule has 0 saturated heterocycles. The van der Waals surface area contributed by atoms with Crippen LogP contribution in [0.25, 0.3) is 0 Å². The molecule has 0 fully saturated rings. The van der Waals surface area contributed by atoms with Gasteiger partial charge in [0.2, 0.25) is 0 Å². The average Bonchev–Trinajstić information content (AvgIpc) is 2.44. The molecule has 0 aliphatic rings. The summed E-state index contributed by atoms with van der Waals surface area (Å²) < 4.78 is 2.20. The van der Waals surface area contributed by atoms with Crippen LogP contribution >= 0.6 is 15.9 Å². The minimum absolute atomic E-state index is 0.222. The number of carbonyl (C=O) groups excluding carboxylic acids is 1. The van der Waals surface area contributed by atoms with Gasteiger partial charge in [-0.2, -0.15) is 5.10 Å². The number of halogens is 1. The largest absolute Gasteiger partial charge is 0.341 e. The smallest absolute Gasteiger partial charge is 0.256 e. The minimum Gasteiger partial charge on any atom is -0.341 e. The number of amides is 1. The van der Waals surface area contributed by atoms with Crippen LogP contribution in [0.15, 0.2) is 10.8 Å². The van der Waals surface area contributed by atoms with Crippen molar-refractivity contribution in [2.24, 2.45) is 7.05 Å². The summed E-state index contributed by atoms with van der Waals surface area (Å²) in [4.78, 5) is 11.3. The van der Waals surface area contributed by atoms with E-state index in [1.54, 1.807) is 11.7 Å². The van der Waals surface area contributed by atoms with Gasteiger partial charge in [-0.25, -0.2) is 0 Å². The second kappa shape index (κ2) is 4.10. The number of rotatable bonds is 2. The molecule has 0 aromatic carbocycles. The molecule has 0 atom stereocenters. The lowest BCUT2D eigenvalue weighted by molar-refractivity contribution is 0.0958. The predicted octanol–water partition coefficient (Wildman–Crippen LogP) is 0.546. The Labute approximate surface area is 84.4 Å². The van der Waals surface area contributed by atoms with E-state index in [1.807, 2.05) is 0 Å². The molecule has 13 heavy (non-hydrogen) atoms. The van der Waals surface area contributed by atoms with E-state index in [-0.39, 0.29) is 12.5 Å². The summed E-state index contributed by atoms with van der Waals surface area (Å²) in [5.74, 6) is 2.10. The van der Waals surface area contributed by atoms with E-state index < -0.39 is 0 Å². The molecule has 1 aromatic rings. The fourth-order valence-electron chi connectivity index (χ4n) is 0.801. The molecule has 1 heterocycles. The SMILES string of the molecule is C#CCNC(=O)c1cnn(C)c1Br. The molecule has 0 unspecified atom stereocenters. The van der Waals surface area contributed by atoms with Crippen LogP contribution in [0.1, 0.15) is 10.4 Å². The predicted molar refractivity (Wildman–Crippen MR) is 52.1 cm³/mol. The molecule has 0 aliphatic heterocycles. The molecule has 1 aromatic heterocycles. The van der Waals surface area contributed by atoms with Crippen molar-refractivity contribution in [3.05, 3.63) is 16.4 Å². The van der Waals surface area contributed by atoms with Gasteiger partial charge in [-0.1, -0.05) is 5.92 Å². The van der Waals surface area contributed by atoms with Crippen LogP contribution in [-0.4, -0.2) is 22.2 Å². The molecule has 0 radical (unpaired) electrons. The molecule has 1 rings (SSSR count). The highest BCUT2D eigenvalue weighted by Crippen LogP contribution is 2.14. The summed E-state index contributed by atoms with van der Waals surface area (Å²) in [5, 5.41) is 6.45. The van der Waals surface area contributed by atoms with Crippen molar-refractivity contribution >= 4 is 21.8 Å². The first kappa shape index (κ1) is 9.81. The van der Waals surface area contributed by atoms with Gasteiger partial charge in [-0.05, 0) is 15.9 Å². The van der Waals surface area contributed by atoms with Crippen LogP contribution in [0.2, 0.25) is 0 Å². The van der Waals surface area contributed by atoms with Crippen molar-refractivity contribution in [3.63, 3.8) is 0 Å². The normalized spacial score (nSPS) is 9.31. The molecule has 68 valence electrons. The first-order valence-electron chi connectivity index (χ1n) is 3.56. The number of aromatic nitrogens is 2. The zero-order valence-corrected chi connectivity index (χ0v) is 8.63. The van der Waals surface area contributed by atoms with E-state index in [9.17, 15) is 4.79 Å². The highest BCUT2D eigenvalue weighted by molar-refractivity contribution is 9.10. The lowest BCUT2D eigenvalue weighted by Crippen LogP contribution is -2.23. The van der Waals surface area contributed by atoms with Gasteiger partial charge in [0, 0.05) is 7.05 Å². The van der Waals surface area contributed by atoms with Crippen molar-refractivity contribution in [1.29, 1.82) is 0 Å². The Hall–Kier alpha value is -1.28. The quantitative estimate of drug-likeness (QED) is 0.769. The Morgan fingerprint density at radius 2 is 2.62 bits per heavy atom. The van der Waals surface area contributed by atoms with Crippen LogP contribution < -0.4 is 5.32 Å². The maximum Gasteiger partial charge on any atom is 0.256 e. The van der Waals surface area contributed by atoms with Gasteiger partial charge >= 0.3 is 0 Å². The number of nitrogens with zero attached hydrogens (tertiary/aromatic N) is 2. The minimum atomic E-state index is -0.224. The topological polar surface area (TPSA) is 46.9 Å². The molecule has 0 bridgehead atoms. The van der Waals surface area contributed by atoms with Crippen molar-refractivity contribution in [1.82, 2.24) is 15.1 Å². The molecule has 0 aliphatic carbocycles. The van der Waals surface area contributed by atoms with Gasteiger partial charge in [-0.3, -0.25) is 9.48 Å². The van der Waals surface area contributed by atoms with Gasteiger partial charge in [0.25, 0.3) is 5.91 Å². The summed E-state index contributed by atoms with van der Waals surface area (Å²) >= 11 is 3.23. The van der Waals surface area contributed by atoms with Gasteiger partial charge in [-0.15, -0.1) is 6.42 Å². The van der Waals surface area contributed by atoms with Gasteiger partial charge in [0.15, 0.2) is 0 Å². The molecule has 1 N–H and O–H groups in total. The maximum atomic E-state index is 11.3. The Bertz CT molecular complexity index is 364. The first-order chi connectivity index (χ1) is 6.16. The third-order valence-corrected chi connectivity index (χ3v) is 2.40. The van der Waals surface area contributed by atoms with Crippen molar-refractivity contribution in [2.75, 3.05) is 6.54 Å². The summed E-state index contributed by atoms with van der Waals surface area (Å²) in [5.41, 5.74) is 0.484. The maximum absolute atomic E-state index is 11.3. The summed E-state index contributed by atoms with van der Waals surface area (Å²) in [6.07, 6.45) is 6.48. The fraction of sp³-hybridized carbons (Fsp3) is 0.250. The number of hydrogen-bond donors (Lipinski definition) is 1. The van der Waals surface area contributed by atoms with E-state index >= 15 is 0 Å². The van der Waals surface area contributed by atoms with Crippen LogP contribution in [-0.2, 0) is 7.05 Å². The summed E-state index contributed by atoms with van der Waals surface area (Å²) in [6.45, 7) is 0.222. The summed E-state index contributed by atoms with van der Waals surface area (Å²) in [7, 11) is 1.74. The van der Waals surface area contributed by atoms with Crippen molar-refractivity contribution in [2.45, 2.75) is 0 Å². The molecule has 0 saturated carbocycles. The number of carbonyl (C=O) groups is 1. The van der Waals surface area contributed by atoms with Crippen LogP contribution in [0.4, 0.5) is 0 Å². The van der Waals surface area contributed by atoms with Gasteiger partial charge in [0.05, 0.1) is 18.3 Å². The number of aryl methyl sites for hydroxylation is 1. The highest BCUT2D eigenvalue weighted by atomic mass is 79.9. The highest BCUT2D eigenvalue weighted by Gasteiger charge is 2.12. The molecular weight excluding hydrogens is 234 g/mol. The standard InChI is InChI=1S/C8H8BrN3O/c1-3-4-10-8(13)6-5-11-12(2)7(6)9/h1,5H,4H2,2H3,(H,10,13). The Morgan fingerprint density at radius 3 is 3.08 bits per heavy atom. The van der Waals surface area contributed by atoms with Crippen LogP contribution in [0, 0.1) is 12.3 Å². The van der Waals surface area contributed by atoms with E-state index in [4.69, 9.17) is 6.42 Å². The van der Waals surface area contributed by atoms with Crippen LogP contribution in [0.5, 0.6) is 0 Å². The average molecular weight is 242 g/mol. The van der Waals surface area contributed by atoms with Gasteiger partial charge < -0.3 is 5.32 Å².